The van der Waals surface area contributed by atoms with Gasteiger partial charge in [0, 0.05) is 5.56 Å². The fourth-order valence-corrected chi connectivity index (χ4v) is 2.36. The molecule has 0 unspecified atom stereocenters. The quantitative estimate of drug-likeness (QED) is 0.355. The number of hydrogen-bond donors (Lipinski definition) is 1. The van der Waals surface area contributed by atoms with Gasteiger partial charge in [-0.3, -0.25) is 4.79 Å². The number of hydrogen-bond acceptors (Lipinski definition) is 5. The second-order valence-electron chi connectivity index (χ2n) is 6.02. The third-order valence-electron chi connectivity index (χ3n) is 3.87. The van der Waals surface area contributed by atoms with Gasteiger partial charge in [0.15, 0.2) is 23.9 Å². The van der Waals surface area contributed by atoms with Crippen LogP contribution in [0.5, 0.6) is 17.2 Å². The lowest BCUT2D eigenvalue weighted by Gasteiger charge is -2.10. The third-order valence-corrected chi connectivity index (χ3v) is 3.87. The average Bonchev–Trinajstić information content (AvgIpc) is 2.71. The summed E-state index contributed by atoms with van der Waals surface area (Å²) in [5.41, 5.74) is 1.29. The first-order valence-corrected chi connectivity index (χ1v) is 9.01. The zero-order chi connectivity index (χ0) is 20.4. The van der Waals surface area contributed by atoms with Crippen molar-refractivity contribution in [1.82, 2.24) is 0 Å². The summed E-state index contributed by atoms with van der Waals surface area (Å²) in [6, 6.07) is 11.8. The summed E-state index contributed by atoms with van der Waals surface area (Å²) in [6.45, 7) is 2.31. The maximum atomic E-state index is 12.3. The maximum absolute atomic E-state index is 12.3. The molecule has 0 saturated heterocycles. The van der Waals surface area contributed by atoms with Gasteiger partial charge in [0.25, 0.3) is 0 Å². The summed E-state index contributed by atoms with van der Waals surface area (Å²) in [5, 5.41) is 8.60. The first-order valence-electron chi connectivity index (χ1n) is 9.01. The first-order chi connectivity index (χ1) is 13.5. The molecular weight excluding hydrogens is 360 g/mol. The van der Waals surface area contributed by atoms with Crippen LogP contribution in [0.4, 0.5) is 0 Å². The van der Waals surface area contributed by atoms with Crippen LogP contribution >= 0.6 is 0 Å². The Morgan fingerprint density at radius 1 is 1.04 bits per heavy atom. The SMILES string of the molecule is CCCCOc1ccc(/C=C/C(=O)c2ccc(OCC(=O)O)cc2)cc1OC. The number of ketones is 1. The number of methoxy groups -OCH3 is 1. The van der Waals surface area contributed by atoms with E-state index in [0.717, 1.165) is 18.4 Å². The summed E-state index contributed by atoms with van der Waals surface area (Å²) in [7, 11) is 1.58. The van der Waals surface area contributed by atoms with E-state index in [1.54, 1.807) is 37.5 Å². The molecule has 6 nitrogen and oxygen atoms in total. The largest absolute Gasteiger partial charge is 0.493 e. The molecule has 0 amide bonds. The molecular formula is C22H24O6. The number of rotatable bonds is 11. The van der Waals surface area contributed by atoms with Crippen molar-refractivity contribution < 1.29 is 28.9 Å². The molecule has 1 N–H and O–H groups in total. The second-order valence-corrected chi connectivity index (χ2v) is 6.02. The normalized spacial score (nSPS) is 10.6. The smallest absolute Gasteiger partial charge is 0.341 e. The highest BCUT2D eigenvalue weighted by molar-refractivity contribution is 6.06. The second kappa shape index (κ2) is 10.8. The Balaban J connectivity index is 2.01. The molecule has 0 bridgehead atoms. The summed E-state index contributed by atoms with van der Waals surface area (Å²) < 4.78 is 16.1. The minimum Gasteiger partial charge on any atom is -0.493 e. The van der Waals surface area contributed by atoms with E-state index in [9.17, 15) is 9.59 Å². The minimum atomic E-state index is -1.06. The molecule has 0 fully saturated rings. The number of carbonyl (C=O) groups excluding carboxylic acids is 1. The minimum absolute atomic E-state index is 0.174. The van der Waals surface area contributed by atoms with Crippen molar-refractivity contribution in [1.29, 1.82) is 0 Å². The number of allylic oxidation sites excluding steroid dienone is 1. The number of carbonyl (C=O) groups is 2. The van der Waals surface area contributed by atoms with Gasteiger partial charge in [-0.15, -0.1) is 0 Å². The van der Waals surface area contributed by atoms with E-state index in [1.807, 2.05) is 18.2 Å². The monoisotopic (exact) mass is 384 g/mol. The Morgan fingerprint density at radius 3 is 2.43 bits per heavy atom. The van der Waals surface area contributed by atoms with E-state index in [-0.39, 0.29) is 5.78 Å². The average molecular weight is 384 g/mol. The molecule has 2 aromatic rings. The van der Waals surface area contributed by atoms with Gasteiger partial charge in [0.2, 0.25) is 0 Å². The Hall–Kier alpha value is -3.28. The molecule has 2 aromatic carbocycles. The van der Waals surface area contributed by atoms with Crippen LogP contribution in [0.3, 0.4) is 0 Å². The summed E-state index contributed by atoms with van der Waals surface area (Å²) in [4.78, 5) is 22.8. The molecule has 148 valence electrons. The lowest BCUT2D eigenvalue weighted by molar-refractivity contribution is -0.139. The number of benzene rings is 2. The van der Waals surface area contributed by atoms with Crippen molar-refractivity contribution in [2.24, 2.45) is 0 Å². The van der Waals surface area contributed by atoms with Crippen molar-refractivity contribution in [2.75, 3.05) is 20.3 Å². The molecule has 0 aliphatic carbocycles. The number of carboxylic acid groups (broad SMARTS) is 1. The molecule has 28 heavy (non-hydrogen) atoms. The van der Waals surface area contributed by atoms with Crippen molar-refractivity contribution in [3.8, 4) is 17.2 Å². The molecule has 0 aliphatic heterocycles. The van der Waals surface area contributed by atoms with E-state index in [4.69, 9.17) is 19.3 Å². The predicted octanol–water partition coefficient (Wildman–Crippen LogP) is 4.23. The number of unbranched alkanes of at least 4 members (excludes halogenated alkanes) is 1. The topological polar surface area (TPSA) is 82.1 Å². The molecule has 0 atom stereocenters. The van der Waals surface area contributed by atoms with Gasteiger partial charge >= 0.3 is 5.97 Å². The van der Waals surface area contributed by atoms with Crippen molar-refractivity contribution in [2.45, 2.75) is 19.8 Å². The summed E-state index contributed by atoms with van der Waals surface area (Å²) in [6.07, 6.45) is 5.20. The highest BCUT2D eigenvalue weighted by atomic mass is 16.5. The molecule has 0 saturated carbocycles. The molecule has 2 rings (SSSR count). The molecule has 0 radical (unpaired) electrons. The van der Waals surface area contributed by atoms with Crippen molar-refractivity contribution >= 4 is 17.8 Å². The fraction of sp³-hybridized carbons (Fsp3) is 0.273. The maximum Gasteiger partial charge on any atom is 0.341 e. The van der Waals surface area contributed by atoms with Crippen LogP contribution in [0, 0.1) is 0 Å². The molecule has 0 aromatic heterocycles. The van der Waals surface area contributed by atoms with Gasteiger partial charge in [-0.2, -0.15) is 0 Å². The Morgan fingerprint density at radius 2 is 1.79 bits per heavy atom. The highest BCUT2D eigenvalue weighted by Gasteiger charge is 2.06. The van der Waals surface area contributed by atoms with Crippen LogP contribution in [0.25, 0.3) is 6.08 Å². The standard InChI is InChI=1S/C22H24O6/c1-3-4-13-27-20-12-6-16(14-21(20)26-2)5-11-19(23)17-7-9-18(10-8-17)28-15-22(24)25/h5-12,14H,3-4,13,15H2,1-2H3,(H,24,25)/b11-5+. The van der Waals surface area contributed by atoms with Crippen LogP contribution in [0.1, 0.15) is 35.7 Å². The van der Waals surface area contributed by atoms with Gasteiger partial charge < -0.3 is 19.3 Å². The summed E-state index contributed by atoms with van der Waals surface area (Å²) in [5.74, 6) is 0.459. The van der Waals surface area contributed by atoms with Gasteiger partial charge in [0.05, 0.1) is 13.7 Å². The first kappa shape index (κ1) is 21.0. The number of ether oxygens (including phenoxy) is 3. The predicted molar refractivity (Wildman–Crippen MR) is 106 cm³/mol. The number of aliphatic carboxylic acids is 1. The van der Waals surface area contributed by atoms with Crippen molar-refractivity contribution in [3.63, 3.8) is 0 Å². The van der Waals surface area contributed by atoms with E-state index in [1.165, 1.54) is 6.08 Å². The van der Waals surface area contributed by atoms with E-state index in [0.29, 0.717) is 29.4 Å². The Kier molecular flexibility index (Phi) is 8.09. The fourth-order valence-electron chi connectivity index (χ4n) is 2.36. The molecule has 6 heteroatoms. The van der Waals surface area contributed by atoms with Crippen LogP contribution < -0.4 is 14.2 Å². The van der Waals surface area contributed by atoms with Crippen LogP contribution in [-0.4, -0.2) is 37.2 Å². The van der Waals surface area contributed by atoms with Gasteiger partial charge in [-0.05, 0) is 54.5 Å². The van der Waals surface area contributed by atoms with Gasteiger partial charge in [0.1, 0.15) is 5.75 Å². The molecule has 0 heterocycles. The van der Waals surface area contributed by atoms with E-state index < -0.39 is 12.6 Å². The molecule has 0 aliphatic rings. The summed E-state index contributed by atoms with van der Waals surface area (Å²) >= 11 is 0. The van der Waals surface area contributed by atoms with E-state index >= 15 is 0 Å². The lowest BCUT2D eigenvalue weighted by Crippen LogP contribution is -2.09. The van der Waals surface area contributed by atoms with E-state index in [2.05, 4.69) is 6.92 Å². The van der Waals surface area contributed by atoms with Crippen molar-refractivity contribution in [3.05, 3.63) is 59.7 Å². The zero-order valence-electron chi connectivity index (χ0n) is 16.0. The lowest BCUT2D eigenvalue weighted by atomic mass is 10.1. The third kappa shape index (κ3) is 6.46. The zero-order valence-corrected chi connectivity index (χ0v) is 16.0. The van der Waals surface area contributed by atoms with Crippen LogP contribution in [0.15, 0.2) is 48.5 Å². The van der Waals surface area contributed by atoms with Crippen LogP contribution in [-0.2, 0) is 4.79 Å². The Bertz CT molecular complexity index is 823. The number of carboxylic acids is 1. The Labute approximate surface area is 164 Å². The van der Waals surface area contributed by atoms with Gasteiger partial charge in [-0.25, -0.2) is 4.79 Å². The highest BCUT2D eigenvalue weighted by Crippen LogP contribution is 2.28. The van der Waals surface area contributed by atoms with Gasteiger partial charge in [-0.1, -0.05) is 25.5 Å². The molecule has 0 spiro atoms. The van der Waals surface area contributed by atoms with Crippen LogP contribution in [0.2, 0.25) is 0 Å².